The Morgan fingerprint density at radius 1 is 1.22 bits per heavy atom. The lowest BCUT2D eigenvalue weighted by Gasteiger charge is -2.47. The summed E-state index contributed by atoms with van der Waals surface area (Å²) in [6.45, 7) is 11.5. The molecule has 1 unspecified atom stereocenters. The molecule has 2 atom stereocenters. The summed E-state index contributed by atoms with van der Waals surface area (Å²) < 4.78 is 1.92. The lowest BCUT2D eigenvalue weighted by molar-refractivity contribution is -0.119. The van der Waals surface area contributed by atoms with Gasteiger partial charge in [-0.2, -0.15) is 5.10 Å². The summed E-state index contributed by atoms with van der Waals surface area (Å²) in [6.07, 6.45) is 4.36. The Bertz CT molecular complexity index is 1260. The zero-order chi connectivity index (χ0) is 25.4. The molecule has 2 aromatic heterocycles. The van der Waals surface area contributed by atoms with Gasteiger partial charge in [0.05, 0.1) is 17.9 Å². The van der Waals surface area contributed by atoms with E-state index >= 15 is 0 Å². The van der Waals surface area contributed by atoms with Crippen molar-refractivity contribution in [1.29, 1.82) is 0 Å². The predicted octanol–water partition coefficient (Wildman–Crippen LogP) is 4.34. The highest BCUT2D eigenvalue weighted by molar-refractivity contribution is 6.35. The number of nitrogens with one attached hydrogen (secondary N) is 1. The summed E-state index contributed by atoms with van der Waals surface area (Å²) in [6, 6.07) is 5.45. The topological polar surface area (TPSA) is 79.2 Å². The predicted molar refractivity (Wildman–Crippen MR) is 144 cm³/mol. The van der Waals surface area contributed by atoms with Crippen LogP contribution in [-0.4, -0.2) is 69.8 Å². The number of likely N-dealkylation sites (tertiary alicyclic amines) is 1. The van der Waals surface area contributed by atoms with E-state index in [4.69, 9.17) is 38.3 Å². The van der Waals surface area contributed by atoms with Gasteiger partial charge in [0.25, 0.3) is 0 Å². The van der Waals surface area contributed by atoms with E-state index in [0.717, 1.165) is 67.5 Å². The number of benzene rings is 1. The lowest BCUT2D eigenvalue weighted by atomic mass is 9.80. The van der Waals surface area contributed by atoms with E-state index in [0.29, 0.717) is 21.9 Å². The quantitative estimate of drug-likeness (QED) is 0.490. The SMILES string of the molecule is CC(=O)NCCN1CCC[C@H](C2CN(c3cnc4c(C)nn(C(C)c5ccc(Cl)cc5Cl)c4n3)C2)C1. The third-order valence-corrected chi connectivity index (χ3v) is 8.15. The average Bonchev–Trinajstić information content (AvgIpc) is 3.14. The van der Waals surface area contributed by atoms with Gasteiger partial charge >= 0.3 is 0 Å². The van der Waals surface area contributed by atoms with Crippen LogP contribution in [0.15, 0.2) is 24.4 Å². The molecule has 10 heteroatoms. The summed E-state index contributed by atoms with van der Waals surface area (Å²) in [5.41, 5.74) is 3.38. The van der Waals surface area contributed by atoms with Gasteiger partial charge in [0.2, 0.25) is 5.91 Å². The smallest absolute Gasteiger partial charge is 0.216 e. The van der Waals surface area contributed by atoms with Gasteiger partial charge in [-0.05, 0) is 62.8 Å². The van der Waals surface area contributed by atoms with Crippen molar-refractivity contribution in [3.8, 4) is 0 Å². The largest absolute Gasteiger partial charge is 0.355 e. The third-order valence-electron chi connectivity index (χ3n) is 7.58. The number of halogens is 2. The first-order valence-electron chi connectivity index (χ1n) is 12.7. The molecule has 0 saturated carbocycles. The Balaban J connectivity index is 1.27. The van der Waals surface area contributed by atoms with Crippen LogP contribution in [0.25, 0.3) is 11.2 Å². The molecular weight excluding hydrogens is 497 g/mol. The number of anilines is 1. The second kappa shape index (κ2) is 10.5. The molecule has 1 aromatic carbocycles. The molecule has 2 fully saturated rings. The van der Waals surface area contributed by atoms with E-state index in [1.54, 1.807) is 13.0 Å². The van der Waals surface area contributed by atoms with Gasteiger partial charge in [-0.15, -0.1) is 0 Å². The van der Waals surface area contributed by atoms with Crippen molar-refractivity contribution in [2.45, 2.75) is 39.7 Å². The van der Waals surface area contributed by atoms with Crippen molar-refractivity contribution in [2.75, 3.05) is 44.2 Å². The van der Waals surface area contributed by atoms with Gasteiger partial charge in [0.1, 0.15) is 11.3 Å². The van der Waals surface area contributed by atoms with Crippen LogP contribution in [0.2, 0.25) is 10.0 Å². The fourth-order valence-corrected chi connectivity index (χ4v) is 6.07. The van der Waals surface area contributed by atoms with Crippen LogP contribution in [0.4, 0.5) is 5.82 Å². The monoisotopic (exact) mass is 529 g/mol. The molecule has 0 aliphatic carbocycles. The van der Waals surface area contributed by atoms with E-state index in [1.165, 1.54) is 12.8 Å². The molecule has 36 heavy (non-hydrogen) atoms. The van der Waals surface area contributed by atoms with Crippen LogP contribution >= 0.6 is 23.2 Å². The van der Waals surface area contributed by atoms with Gasteiger partial charge in [-0.25, -0.2) is 14.6 Å². The Labute approximate surface area is 222 Å². The summed E-state index contributed by atoms with van der Waals surface area (Å²) >= 11 is 12.6. The molecule has 1 amide bonds. The fraction of sp³-hybridized carbons (Fsp3) is 0.538. The number of aryl methyl sites for hydroxylation is 1. The number of piperidine rings is 1. The molecule has 2 aliphatic rings. The van der Waals surface area contributed by atoms with E-state index in [9.17, 15) is 4.79 Å². The van der Waals surface area contributed by atoms with E-state index in [1.807, 2.05) is 29.9 Å². The molecule has 5 rings (SSSR count). The highest BCUT2D eigenvalue weighted by Gasteiger charge is 2.36. The van der Waals surface area contributed by atoms with E-state index in [-0.39, 0.29) is 11.9 Å². The number of amides is 1. The second-order valence-corrected chi connectivity index (χ2v) is 11.0. The highest BCUT2D eigenvalue weighted by atomic mass is 35.5. The first-order chi connectivity index (χ1) is 17.3. The number of fused-ring (bicyclic) bond motifs is 1. The van der Waals surface area contributed by atoms with Gasteiger partial charge < -0.3 is 15.1 Å². The molecule has 0 bridgehead atoms. The molecule has 4 heterocycles. The second-order valence-electron chi connectivity index (χ2n) is 10.1. The minimum absolute atomic E-state index is 0.0402. The van der Waals surface area contributed by atoms with E-state index < -0.39 is 0 Å². The summed E-state index contributed by atoms with van der Waals surface area (Å²) in [5.74, 6) is 2.28. The van der Waals surface area contributed by atoms with E-state index in [2.05, 4.69) is 22.0 Å². The van der Waals surface area contributed by atoms with Crippen molar-refractivity contribution >= 4 is 46.1 Å². The molecular formula is C26H33Cl2N7O. The van der Waals surface area contributed by atoms with Crippen molar-refractivity contribution in [2.24, 2.45) is 11.8 Å². The highest BCUT2D eigenvalue weighted by Crippen LogP contribution is 2.35. The number of hydrogen-bond donors (Lipinski definition) is 1. The minimum Gasteiger partial charge on any atom is -0.355 e. The number of nitrogens with zero attached hydrogens (tertiary/aromatic N) is 6. The molecule has 1 N–H and O–H groups in total. The Kier molecular flexibility index (Phi) is 7.37. The van der Waals surface area contributed by atoms with Crippen LogP contribution in [0.5, 0.6) is 0 Å². The zero-order valence-corrected chi connectivity index (χ0v) is 22.6. The number of aromatic nitrogens is 4. The first kappa shape index (κ1) is 25.2. The molecule has 2 saturated heterocycles. The molecule has 192 valence electrons. The number of carbonyl (C=O) groups is 1. The van der Waals surface area contributed by atoms with Crippen LogP contribution in [0.3, 0.4) is 0 Å². The maximum absolute atomic E-state index is 11.2. The molecule has 2 aliphatic heterocycles. The zero-order valence-electron chi connectivity index (χ0n) is 21.0. The number of rotatable bonds is 7. The van der Waals surface area contributed by atoms with Gasteiger partial charge in [0.15, 0.2) is 5.65 Å². The molecule has 0 radical (unpaired) electrons. The van der Waals surface area contributed by atoms with Crippen LogP contribution < -0.4 is 10.2 Å². The van der Waals surface area contributed by atoms with Crippen molar-refractivity contribution in [3.05, 3.63) is 45.7 Å². The molecule has 3 aromatic rings. The third kappa shape index (κ3) is 5.17. The standard InChI is InChI=1S/C26H33Cl2N7O/c1-16-25-26(35(32-16)17(2)22-7-6-21(27)11-23(22)28)31-24(12-30-25)34-14-20(15-34)19-5-4-9-33(13-19)10-8-29-18(3)36/h6-7,11-12,17,19-20H,4-5,8-10,13-15H2,1-3H3,(H,29,36)/t17?,19-/m0/s1. The van der Waals surface area contributed by atoms with Crippen molar-refractivity contribution in [3.63, 3.8) is 0 Å². The Morgan fingerprint density at radius 2 is 2.03 bits per heavy atom. The fourth-order valence-electron chi connectivity index (χ4n) is 5.50. The Hall–Kier alpha value is -2.42. The average molecular weight is 531 g/mol. The first-order valence-corrected chi connectivity index (χ1v) is 13.4. The minimum atomic E-state index is -0.106. The maximum Gasteiger partial charge on any atom is 0.216 e. The van der Waals surface area contributed by atoms with Crippen molar-refractivity contribution in [1.82, 2.24) is 30.0 Å². The summed E-state index contributed by atoms with van der Waals surface area (Å²) in [5, 5.41) is 8.90. The summed E-state index contributed by atoms with van der Waals surface area (Å²) in [4.78, 5) is 25.7. The van der Waals surface area contributed by atoms with Gasteiger partial charge in [-0.3, -0.25) is 4.79 Å². The Morgan fingerprint density at radius 3 is 2.78 bits per heavy atom. The summed E-state index contributed by atoms with van der Waals surface area (Å²) in [7, 11) is 0. The molecule has 0 spiro atoms. The normalized spacial score (nSPS) is 19.9. The molecule has 8 nitrogen and oxygen atoms in total. The van der Waals surface area contributed by atoms with Crippen LogP contribution in [0.1, 0.15) is 44.0 Å². The van der Waals surface area contributed by atoms with Crippen LogP contribution in [-0.2, 0) is 4.79 Å². The number of carbonyl (C=O) groups excluding carboxylic acids is 1. The van der Waals surface area contributed by atoms with Crippen molar-refractivity contribution < 1.29 is 4.79 Å². The maximum atomic E-state index is 11.2. The van der Waals surface area contributed by atoms with Gasteiger partial charge in [-0.1, -0.05) is 29.3 Å². The number of hydrogen-bond acceptors (Lipinski definition) is 6. The van der Waals surface area contributed by atoms with Crippen LogP contribution in [0, 0.1) is 18.8 Å². The van der Waals surface area contributed by atoms with Gasteiger partial charge in [0, 0.05) is 49.7 Å². The lowest BCUT2D eigenvalue weighted by Crippen LogP contribution is -2.54.